The van der Waals surface area contributed by atoms with Crippen LogP contribution in [0.5, 0.6) is 0 Å². The van der Waals surface area contributed by atoms with E-state index in [1.54, 1.807) is 16.9 Å². The Labute approximate surface area is 76.6 Å². The SMILES string of the molecule is CCCCCc1nn2ccnc2o1. The van der Waals surface area contributed by atoms with Crippen LogP contribution in [0.15, 0.2) is 16.8 Å². The van der Waals surface area contributed by atoms with Crippen LogP contribution in [0.1, 0.15) is 32.1 Å². The van der Waals surface area contributed by atoms with Gasteiger partial charge in [0.05, 0.1) is 12.4 Å². The molecule has 70 valence electrons. The second-order valence-corrected chi connectivity index (χ2v) is 3.11. The molecule has 2 aromatic rings. The highest BCUT2D eigenvalue weighted by Gasteiger charge is 2.04. The summed E-state index contributed by atoms with van der Waals surface area (Å²) in [7, 11) is 0. The second kappa shape index (κ2) is 3.60. The predicted octanol–water partition coefficient (Wildman–Crippen LogP) is 2.05. The van der Waals surface area contributed by atoms with E-state index in [9.17, 15) is 0 Å². The van der Waals surface area contributed by atoms with E-state index in [-0.39, 0.29) is 0 Å². The molecule has 0 fully saturated rings. The third kappa shape index (κ3) is 1.71. The number of aromatic nitrogens is 3. The van der Waals surface area contributed by atoms with E-state index in [0.29, 0.717) is 5.84 Å². The van der Waals surface area contributed by atoms with Crippen molar-refractivity contribution in [3.63, 3.8) is 0 Å². The number of aryl methyl sites for hydroxylation is 1. The van der Waals surface area contributed by atoms with Crippen molar-refractivity contribution in [2.75, 3.05) is 0 Å². The molecule has 0 aliphatic heterocycles. The molecule has 0 aliphatic carbocycles. The first-order valence-electron chi connectivity index (χ1n) is 4.69. The number of nitrogens with zero attached hydrogens (tertiary/aromatic N) is 3. The van der Waals surface area contributed by atoms with Crippen LogP contribution in [0.2, 0.25) is 0 Å². The molecule has 0 saturated carbocycles. The summed E-state index contributed by atoms with van der Waals surface area (Å²) in [5.41, 5.74) is 0. The molecule has 0 aliphatic rings. The molecule has 0 amide bonds. The number of hydrogen-bond donors (Lipinski definition) is 0. The fourth-order valence-electron chi connectivity index (χ4n) is 1.31. The molecule has 0 aromatic carbocycles. The van der Waals surface area contributed by atoms with E-state index in [4.69, 9.17) is 4.42 Å². The van der Waals surface area contributed by atoms with Crippen molar-refractivity contribution in [1.29, 1.82) is 0 Å². The van der Waals surface area contributed by atoms with Crippen LogP contribution < -0.4 is 0 Å². The van der Waals surface area contributed by atoms with Crippen molar-refractivity contribution in [3.05, 3.63) is 18.3 Å². The normalized spacial score (nSPS) is 11.2. The lowest BCUT2D eigenvalue weighted by Crippen LogP contribution is -1.87. The van der Waals surface area contributed by atoms with Crippen LogP contribution in [0.4, 0.5) is 0 Å². The minimum absolute atomic E-state index is 0.589. The van der Waals surface area contributed by atoms with Gasteiger partial charge in [0.1, 0.15) is 0 Å². The zero-order valence-electron chi connectivity index (χ0n) is 7.73. The second-order valence-electron chi connectivity index (χ2n) is 3.11. The number of unbranched alkanes of at least 4 members (excludes halogenated alkanes) is 2. The Morgan fingerprint density at radius 3 is 3.15 bits per heavy atom. The minimum atomic E-state index is 0.589. The Morgan fingerprint density at radius 2 is 2.38 bits per heavy atom. The third-order valence-corrected chi connectivity index (χ3v) is 2.01. The quantitative estimate of drug-likeness (QED) is 0.675. The van der Waals surface area contributed by atoms with Crippen LogP contribution in [-0.4, -0.2) is 14.6 Å². The lowest BCUT2D eigenvalue weighted by molar-refractivity contribution is 0.506. The van der Waals surface area contributed by atoms with Crippen molar-refractivity contribution in [2.24, 2.45) is 0 Å². The van der Waals surface area contributed by atoms with Gasteiger partial charge in [0.2, 0.25) is 5.89 Å². The maximum absolute atomic E-state index is 5.40. The van der Waals surface area contributed by atoms with E-state index in [1.807, 2.05) is 0 Å². The van der Waals surface area contributed by atoms with Crippen molar-refractivity contribution < 1.29 is 4.42 Å². The Balaban J connectivity index is 2.03. The fraction of sp³-hybridized carbons (Fsp3) is 0.556. The monoisotopic (exact) mass is 179 g/mol. The van der Waals surface area contributed by atoms with Crippen LogP contribution in [0.25, 0.3) is 5.84 Å². The van der Waals surface area contributed by atoms with Gasteiger partial charge < -0.3 is 4.42 Å². The maximum Gasteiger partial charge on any atom is 0.324 e. The average molecular weight is 179 g/mol. The number of hydrogen-bond acceptors (Lipinski definition) is 3. The standard InChI is InChI=1S/C9H13N3O/c1-2-3-4-5-8-11-12-7-6-10-9(12)13-8/h6-7H,2-5H2,1H3. The van der Waals surface area contributed by atoms with Gasteiger partial charge in [-0.05, 0) is 6.42 Å². The summed E-state index contributed by atoms with van der Waals surface area (Å²) in [5.74, 6) is 1.38. The lowest BCUT2D eigenvalue weighted by Gasteiger charge is -1.91. The van der Waals surface area contributed by atoms with Crippen molar-refractivity contribution in [3.8, 4) is 0 Å². The molecule has 4 nitrogen and oxygen atoms in total. The van der Waals surface area contributed by atoms with Crippen LogP contribution in [-0.2, 0) is 6.42 Å². The average Bonchev–Trinajstić information content (AvgIpc) is 2.64. The zero-order valence-corrected chi connectivity index (χ0v) is 7.73. The van der Waals surface area contributed by atoms with Gasteiger partial charge in [0, 0.05) is 6.42 Å². The Kier molecular flexibility index (Phi) is 2.29. The van der Waals surface area contributed by atoms with Crippen LogP contribution >= 0.6 is 0 Å². The van der Waals surface area contributed by atoms with E-state index in [2.05, 4.69) is 17.0 Å². The van der Waals surface area contributed by atoms with Gasteiger partial charge in [-0.25, -0.2) is 4.98 Å². The van der Waals surface area contributed by atoms with Gasteiger partial charge in [0.25, 0.3) is 0 Å². The summed E-state index contributed by atoms with van der Waals surface area (Å²) in [6.07, 6.45) is 7.98. The molecular weight excluding hydrogens is 166 g/mol. The molecule has 0 bridgehead atoms. The predicted molar refractivity (Wildman–Crippen MR) is 48.5 cm³/mol. The molecule has 0 N–H and O–H groups in total. The first kappa shape index (κ1) is 8.29. The first-order valence-corrected chi connectivity index (χ1v) is 4.69. The van der Waals surface area contributed by atoms with Gasteiger partial charge in [-0.3, -0.25) is 0 Å². The first-order chi connectivity index (χ1) is 6.40. The van der Waals surface area contributed by atoms with Crippen LogP contribution in [0, 0.1) is 0 Å². The molecule has 2 heterocycles. The molecule has 13 heavy (non-hydrogen) atoms. The van der Waals surface area contributed by atoms with Gasteiger partial charge in [0.15, 0.2) is 0 Å². The molecule has 2 aromatic heterocycles. The summed E-state index contributed by atoms with van der Waals surface area (Å²) in [6.45, 7) is 2.18. The Bertz CT molecular complexity index is 348. The molecular formula is C9H13N3O. The van der Waals surface area contributed by atoms with E-state index < -0.39 is 0 Å². The molecule has 0 saturated heterocycles. The largest absolute Gasteiger partial charge is 0.408 e. The number of imidazole rings is 1. The highest BCUT2D eigenvalue weighted by Crippen LogP contribution is 2.07. The van der Waals surface area contributed by atoms with E-state index >= 15 is 0 Å². The van der Waals surface area contributed by atoms with Crippen molar-refractivity contribution in [2.45, 2.75) is 32.6 Å². The highest BCUT2D eigenvalue weighted by atomic mass is 16.4. The molecule has 0 spiro atoms. The van der Waals surface area contributed by atoms with Crippen molar-refractivity contribution in [1.82, 2.24) is 14.6 Å². The third-order valence-electron chi connectivity index (χ3n) is 2.01. The van der Waals surface area contributed by atoms with Gasteiger partial charge >= 0.3 is 5.84 Å². The molecule has 0 atom stereocenters. The zero-order chi connectivity index (χ0) is 9.10. The van der Waals surface area contributed by atoms with Gasteiger partial charge in [-0.15, -0.1) is 5.10 Å². The fourth-order valence-corrected chi connectivity index (χ4v) is 1.31. The summed E-state index contributed by atoms with van der Waals surface area (Å²) in [5, 5.41) is 4.23. The summed E-state index contributed by atoms with van der Waals surface area (Å²) >= 11 is 0. The molecule has 2 rings (SSSR count). The molecule has 4 heteroatoms. The molecule has 0 radical (unpaired) electrons. The summed E-state index contributed by atoms with van der Waals surface area (Å²) in [4.78, 5) is 4.00. The summed E-state index contributed by atoms with van der Waals surface area (Å²) in [6, 6.07) is 0. The van der Waals surface area contributed by atoms with Gasteiger partial charge in [-0.2, -0.15) is 4.52 Å². The van der Waals surface area contributed by atoms with Crippen LogP contribution in [0.3, 0.4) is 0 Å². The summed E-state index contributed by atoms with van der Waals surface area (Å²) < 4.78 is 7.06. The van der Waals surface area contributed by atoms with Gasteiger partial charge in [-0.1, -0.05) is 19.8 Å². The lowest BCUT2D eigenvalue weighted by atomic mass is 10.2. The smallest absolute Gasteiger partial charge is 0.324 e. The number of rotatable bonds is 4. The molecule has 0 unspecified atom stereocenters. The van der Waals surface area contributed by atoms with Crippen molar-refractivity contribution >= 4 is 5.84 Å². The Morgan fingerprint density at radius 1 is 1.46 bits per heavy atom. The Hall–Kier alpha value is -1.32. The minimum Gasteiger partial charge on any atom is -0.408 e. The van der Waals surface area contributed by atoms with E-state index in [1.165, 1.54) is 12.8 Å². The topological polar surface area (TPSA) is 43.3 Å². The highest BCUT2D eigenvalue weighted by molar-refractivity contribution is 5.19. The van der Waals surface area contributed by atoms with E-state index in [0.717, 1.165) is 18.7 Å². The maximum atomic E-state index is 5.40. The number of fused-ring (bicyclic) bond motifs is 1.